The summed E-state index contributed by atoms with van der Waals surface area (Å²) in [7, 11) is 1.63. The fraction of sp³-hybridized carbons (Fsp3) is 0.458. The smallest absolute Gasteiger partial charge is 0.258 e. The maximum atomic E-state index is 12.2. The van der Waals surface area contributed by atoms with Gasteiger partial charge >= 0.3 is 0 Å². The Morgan fingerprint density at radius 1 is 1.03 bits per heavy atom. The molecule has 29 heavy (non-hydrogen) atoms. The van der Waals surface area contributed by atoms with Crippen LogP contribution in [-0.2, 0) is 17.8 Å². The van der Waals surface area contributed by atoms with Gasteiger partial charge in [0.15, 0.2) is 18.1 Å². The summed E-state index contributed by atoms with van der Waals surface area (Å²) >= 11 is 0. The minimum absolute atomic E-state index is 0.0232. The highest BCUT2D eigenvalue weighted by Crippen LogP contribution is 2.27. The van der Waals surface area contributed by atoms with E-state index in [1.165, 1.54) is 30.4 Å². The number of amides is 1. The van der Waals surface area contributed by atoms with E-state index in [-0.39, 0.29) is 12.5 Å². The van der Waals surface area contributed by atoms with Gasteiger partial charge in [-0.05, 0) is 36.6 Å². The number of carbonyl (C=O) groups is 1. The fourth-order valence-corrected chi connectivity index (χ4v) is 3.80. The third-order valence-electron chi connectivity index (χ3n) is 5.42. The van der Waals surface area contributed by atoms with Crippen LogP contribution >= 0.6 is 0 Å². The molecule has 3 N–H and O–H groups in total. The molecular weight excluding hydrogens is 364 g/mol. The molecule has 0 saturated heterocycles. The Morgan fingerprint density at radius 3 is 2.59 bits per heavy atom. The van der Waals surface area contributed by atoms with Crippen LogP contribution in [-0.4, -0.2) is 32.2 Å². The van der Waals surface area contributed by atoms with Gasteiger partial charge in [0.2, 0.25) is 0 Å². The Morgan fingerprint density at radius 2 is 1.83 bits per heavy atom. The molecule has 0 heterocycles. The molecule has 0 spiro atoms. The van der Waals surface area contributed by atoms with Gasteiger partial charge in [-0.1, -0.05) is 49.6 Å². The Bertz CT molecular complexity index is 758. The number of nitrogens with one attached hydrogen (secondary N) is 1. The number of carbonyl (C=O) groups excluding carboxylic acids is 1. The molecule has 0 bridgehead atoms. The van der Waals surface area contributed by atoms with Crippen molar-refractivity contribution < 1.29 is 19.6 Å². The van der Waals surface area contributed by atoms with Crippen LogP contribution in [0.5, 0.6) is 11.5 Å². The predicted octanol–water partition coefficient (Wildman–Crippen LogP) is 2.83. The number of hydrogen-bond acceptors (Lipinski definition) is 3. The van der Waals surface area contributed by atoms with E-state index in [0.29, 0.717) is 17.5 Å². The van der Waals surface area contributed by atoms with E-state index in [9.17, 15) is 4.79 Å². The standard InChI is InChI=1S/C24H32N2O3/c1-28-23-16-20(17-25-15-14-19-8-4-2-5-9-19)12-13-22(23)29-18-24(27)26-21-10-6-3-7-11-21/h2,4-5,8-9,12-13,16,21,25H,3,6-7,10-11,14-15,17-18H2,1H3,(H,26,27)/p+1. The van der Waals surface area contributed by atoms with E-state index in [2.05, 4.69) is 34.9 Å². The minimum atomic E-state index is -0.0581. The molecule has 0 atom stereocenters. The van der Waals surface area contributed by atoms with Gasteiger partial charge in [0.1, 0.15) is 6.54 Å². The number of hydrogen-bond donors (Lipinski definition) is 2. The number of benzene rings is 2. The van der Waals surface area contributed by atoms with Crippen molar-refractivity contribution in [2.24, 2.45) is 0 Å². The normalized spacial score (nSPS) is 14.4. The quantitative estimate of drug-likeness (QED) is 0.606. The lowest BCUT2D eigenvalue weighted by Crippen LogP contribution is -2.83. The highest BCUT2D eigenvalue weighted by atomic mass is 16.5. The highest BCUT2D eigenvalue weighted by molar-refractivity contribution is 5.78. The Hall–Kier alpha value is -2.53. The first kappa shape index (κ1) is 21.2. The predicted molar refractivity (Wildman–Crippen MR) is 114 cm³/mol. The lowest BCUT2D eigenvalue weighted by Gasteiger charge is -2.22. The van der Waals surface area contributed by atoms with Crippen molar-refractivity contribution in [2.75, 3.05) is 20.3 Å². The second-order valence-corrected chi connectivity index (χ2v) is 7.69. The zero-order valence-corrected chi connectivity index (χ0v) is 17.4. The van der Waals surface area contributed by atoms with E-state index in [1.54, 1.807) is 7.11 Å². The first-order valence-electron chi connectivity index (χ1n) is 10.7. The molecular formula is C24H33N2O3+. The average Bonchev–Trinajstić information content (AvgIpc) is 2.77. The van der Waals surface area contributed by atoms with Crippen molar-refractivity contribution in [3.8, 4) is 11.5 Å². The molecule has 2 aromatic carbocycles. The summed E-state index contributed by atoms with van der Waals surface area (Å²) in [6.45, 7) is 1.94. The molecule has 0 radical (unpaired) electrons. The van der Waals surface area contributed by atoms with Crippen molar-refractivity contribution in [1.82, 2.24) is 5.32 Å². The maximum absolute atomic E-state index is 12.2. The lowest BCUT2D eigenvalue weighted by molar-refractivity contribution is -0.670. The number of methoxy groups -OCH3 is 1. The van der Waals surface area contributed by atoms with Crippen LogP contribution in [0.15, 0.2) is 48.5 Å². The van der Waals surface area contributed by atoms with Gasteiger partial charge in [0.25, 0.3) is 5.91 Å². The molecule has 1 saturated carbocycles. The molecule has 3 rings (SSSR count). The van der Waals surface area contributed by atoms with E-state index in [1.807, 2.05) is 24.3 Å². The topological polar surface area (TPSA) is 64.2 Å². The second-order valence-electron chi connectivity index (χ2n) is 7.69. The van der Waals surface area contributed by atoms with Crippen molar-refractivity contribution in [3.05, 3.63) is 59.7 Å². The van der Waals surface area contributed by atoms with Crippen LogP contribution in [0.25, 0.3) is 0 Å². The van der Waals surface area contributed by atoms with E-state index in [4.69, 9.17) is 9.47 Å². The summed E-state index contributed by atoms with van der Waals surface area (Å²) in [5.74, 6) is 1.22. The molecule has 0 aliphatic heterocycles. The summed E-state index contributed by atoms with van der Waals surface area (Å²) < 4.78 is 11.2. The van der Waals surface area contributed by atoms with Crippen molar-refractivity contribution in [2.45, 2.75) is 51.1 Å². The Kier molecular flexibility index (Phi) is 8.38. The van der Waals surface area contributed by atoms with Crippen LogP contribution in [0.4, 0.5) is 0 Å². The van der Waals surface area contributed by atoms with E-state index in [0.717, 1.165) is 32.4 Å². The third kappa shape index (κ3) is 7.09. The molecule has 1 amide bonds. The summed E-state index contributed by atoms with van der Waals surface area (Å²) in [5.41, 5.74) is 2.53. The molecule has 5 nitrogen and oxygen atoms in total. The molecule has 156 valence electrons. The summed E-state index contributed by atoms with van der Waals surface area (Å²) in [6.07, 6.45) is 6.87. The minimum Gasteiger partial charge on any atom is -0.493 e. The maximum Gasteiger partial charge on any atom is 0.258 e. The molecule has 2 aromatic rings. The Labute approximate surface area is 173 Å². The zero-order valence-electron chi connectivity index (χ0n) is 17.4. The molecule has 1 aliphatic rings. The highest BCUT2D eigenvalue weighted by Gasteiger charge is 2.16. The van der Waals surface area contributed by atoms with Crippen molar-refractivity contribution >= 4 is 5.91 Å². The zero-order chi connectivity index (χ0) is 20.3. The summed E-state index contributed by atoms with van der Waals surface area (Å²) in [4.78, 5) is 12.2. The largest absolute Gasteiger partial charge is 0.493 e. The van der Waals surface area contributed by atoms with Crippen LogP contribution < -0.4 is 20.1 Å². The lowest BCUT2D eigenvalue weighted by atomic mass is 9.95. The van der Waals surface area contributed by atoms with Gasteiger partial charge in [0.05, 0.1) is 13.7 Å². The Balaban J connectivity index is 1.43. The van der Waals surface area contributed by atoms with Gasteiger partial charge in [-0.25, -0.2) is 0 Å². The van der Waals surface area contributed by atoms with Gasteiger partial charge in [-0.2, -0.15) is 0 Å². The van der Waals surface area contributed by atoms with Crippen LogP contribution in [0.2, 0.25) is 0 Å². The van der Waals surface area contributed by atoms with Crippen LogP contribution in [0.1, 0.15) is 43.2 Å². The monoisotopic (exact) mass is 397 g/mol. The fourth-order valence-electron chi connectivity index (χ4n) is 3.80. The van der Waals surface area contributed by atoms with Gasteiger partial charge in [0, 0.05) is 18.0 Å². The van der Waals surface area contributed by atoms with Crippen LogP contribution in [0.3, 0.4) is 0 Å². The van der Waals surface area contributed by atoms with E-state index >= 15 is 0 Å². The average molecular weight is 398 g/mol. The SMILES string of the molecule is COc1cc(C[NH2+]CCc2ccccc2)ccc1OCC(=O)NC1CCCCC1. The molecule has 5 heteroatoms. The van der Waals surface area contributed by atoms with E-state index < -0.39 is 0 Å². The number of quaternary nitrogens is 1. The second kappa shape index (κ2) is 11.5. The summed E-state index contributed by atoms with van der Waals surface area (Å²) in [5, 5.41) is 5.37. The van der Waals surface area contributed by atoms with Crippen molar-refractivity contribution in [1.29, 1.82) is 0 Å². The number of rotatable bonds is 10. The third-order valence-corrected chi connectivity index (χ3v) is 5.42. The van der Waals surface area contributed by atoms with Crippen molar-refractivity contribution in [3.63, 3.8) is 0 Å². The summed E-state index contributed by atoms with van der Waals surface area (Å²) in [6, 6.07) is 16.7. The molecule has 1 fully saturated rings. The molecule has 1 aliphatic carbocycles. The molecule has 0 aromatic heterocycles. The van der Waals surface area contributed by atoms with Gasteiger partial charge in [-0.3, -0.25) is 4.79 Å². The number of nitrogens with two attached hydrogens (primary N) is 1. The van der Waals surface area contributed by atoms with Crippen LogP contribution in [0, 0.1) is 0 Å². The first-order chi connectivity index (χ1) is 14.2. The first-order valence-corrected chi connectivity index (χ1v) is 10.7. The van der Waals surface area contributed by atoms with Gasteiger partial charge in [-0.15, -0.1) is 0 Å². The number of ether oxygens (including phenoxy) is 2. The van der Waals surface area contributed by atoms with Gasteiger partial charge < -0.3 is 20.1 Å². The molecule has 0 unspecified atom stereocenters.